The van der Waals surface area contributed by atoms with E-state index in [1.54, 1.807) is 0 Å². The molecule has 1 saturated carbocycles. The number of carbonyl (C=O) groups excluding carboxylic acids is 1. The molecule has 0 atom stereocenters. The monoisotopic (exact) mass is 954 g/mol. The first kappa shape index (κ1) is 41.7. The Labute approximate surface area is 366 Å². The zero-order valence-corrected chi connectivity index (χ0v) is 38.3. The van der Waals surface area contributed by atoms with Gasteiger partial charge in [-0.25, -0.2) is 0 Å². The third-order valence-electron chi connectivity index (χ3n) is 11.2. The fraction of sp³-hybridized carbons (Fsp3) is 0.377. The molecule has 7 rings (SSSR count). The van der Waals surface area contributed by atoms with Crippen molar-refractivity contribution in [3.63, 3.8) is 0 Å². The molecular weight excluding hydrogens is 889 g/mol. The maximum atomic E-state index is 11.7. The van der Waals surface area contributed by atoms with Crippen molar-refractivity contribution in [2.75, 3.05) is 0 Å². The van der Waals surface area contributed by atoms with Gasteiger partial charge in [0.2, 0.25) is 0 Å². The second-order valence-electron chi connectivity index (χ2n) is 15.8. The minimum Gasteiger partial charge on any atom is -0.512 e. The van der Waals surface area contributed by atoms with E-state index in [1.807, 2.05) is 78.8 Å². The number of aryl methyl sites for hydroxylation is 5. The van der Waals surface area contributed by atoms with E-state index in [0.29, 0.717) is 12.1 Å². The average Bonchev–Trinajstić information content (AvgIpc) is 3.75. The number of hydrogen-bond acceptors (Lipinski definition) is 4. The molecule has 1 fully saturated rings. The number of ketones is 1. The van der Waals surface area contributed by atoms with Gasteiger partial charge in [0.25, 0.3) is 0 Å². The third-order valence-corrected chi connectivity index (χ3v) is 11.2. The Bertz CT molecular complexity index is 2440. The number of aliphatic hydroxyl groups is 1. The van der Waals surface area contributed by atoms with Crippen LogP contribution in [0.15, 0.2) is 97.0 Å². The van der Waals surface area contributed by atoms with Crippen molar-refractivity contribution in [3.05, 3.63) is 142 Å². The fourth-order valence-corrected chi connectivity index (χ4v) is 8.06. The molecule has 0 aliphatic heterocycles. The van der Waals surface area contributed by atoms with E-state index < -0.39 is 0 Å². The number of carbonyl (C=O) groups is 1. The Morgan fingerprint density at radius 2 is 1.24 bits per heavy atom. The standard InChI is InChI=1S/C22H22N.C18H16N.C13H24O2.Ir/c1-15-11-16(2)13-20(12-15)22-21-8-7-18(17-5-3-4-6-17)14-19(21)9-10-23-22;1-12-4-5-17-15(9-12)6-7-19-18(17)16-10-13(2)8-14(3)11-16;1-5-10(6-2)12(14)9-13(15)11(7-3)8-4;/h7-12,14,17H,3-6H2,1-2H3;4-10H,1-3H3;9-11,14H,5-8H2,1-4H3;/q2*-1;;/b;;12-9-;/i10D;6D,7D;;. The third kappa shape index (κ3) is 12.1. The van der Waals surface area contributed by atoms with Gasteiger partial charge in [0.15, 0.2) is 5.78 Å². The fourth-order valence-electron chi connectivity index (χ4n) is 8.06. The van der Waals surface area contributed by atoms with E-state index in [1.165, 1.54) is 42.9 Å². The van der Waals surface area contributed by atoms with Crippen molar-refractivity contribution in [1.29, 1.82) is 0 Å². The van der Waals surface area contributed by atoms with Crippen LogP contribution in [0, 0.1) is 58.6 Å². The van der Waals surface area contributed by atoms with Crippen molar-refractivity contribution in [3.8, 4) is 22.5 Å². The molecule has 1 radical (unpaired) electrons. The van der Waals surface area contributed by atoms with Gasteiger partial charge in [-0.1, -0.05) is 110 Å². The Balaban J connectivity index is 0.000000206. The molecule has 307 valence electrons. The predicted octanol–water partition coefficient (Wildman–Crippen LogP) is 14.5. The van der Waals surface area contributed by atoms with Crippen LogP contribution >= 0.6 is 0 Å². The number of benzene rings is 4. The summed E-state index contributed by atoms with van der Waals surface area (Å²) in [5.74, 6) is 1.24. The van der Waals surface area contributed by atoms with Gasteiger partial charge < -0.3 is 15.1 Å². The zero-order chi connectivity index (χ0) is 43.7. The molecule has 4 aromatic carbocycles. The first-order valence-electron chi connectivity index (χ1n) is 22.4. The van der Waals surface area contributed by atoms with Crippen molar-refractivity contribution in [1.82, 2.24) is 9.97 Å². The molecule has 1 aliphatic rings. The van der Waals surface area contributed by atoms with Crippen molar-refractivity contribution < 1.29 is 34.1 Å². The molecule has 1 aliphatic carbocycles. The molecular formula is C53H62IrN2O2-2. The van der Waals surface area contributed by atoms with E-state index in [9.17, 15) is 9.90 Å². The number of aliphatic hydroxyl groups excluding tert-OH is 1. The van der Waals surface area contributed by atoms with Gasteiger partial charge in [0.1, 0.15) is 0 Å². The van der Waals surface area contributed by atoms with Gasteiger partial charge in [-0.05, 0) is 102 Å². The van der Waals surface area contributed by atoms with Gasteiger partial charge in [0.05, 0.1) is 9.87 Å². The number of allylic oxidation sites excluding steroid dienone is 2. The number of hydrogen-bond donors (Lipinski definition) is 1. The summed E-state index contributed by atoms with van der Waals surface area (Å²) in [5.41, 5.74) is 10.5. The zero-order valence-electron chi connectivity index (χ0n) is 38.9. The maximum absolute atomic E-state index is 11.7. The summed E-state index contributed by atoms with van der Waals surface area (Å²) in [5, 5.41) is 13.7. The van der Waals surface area contributed by atoms with Crippen LogP contribution in [-0.4, -0.2) is 20.9 Å². The number of rotatable bonds is 10. The topological polar surface area (TPSA) is 63.1 Å². The molecule has 0 saturated heterocycles. The van der Waals surface area contributed by atoms with E-state index >= 15 is 0 Å². The maximum Gasteiger partial charge on any atom is 0.162 e. The van der Waals surface area contributed by atoms with Crippen LogP contribution in [-0.2, 0) is 24.9 Å². The SMILES string of the molecule is CCC(CC)C(=O)/C=C(\O)C(CC)CC.[2H]c1cc2cc(C3CCCC3)ccc2c(-c2[c-]c(C)cc(C)c2)n1.[2H]c1nc(-c2[c-]c(C)cc(C)c2)c2ccc(C)cc2c1[2H].[Ir]. The Morgan fingerprint density at radius 1 is 0.707 bits per heavy atom. The first-order valence-corrected chi connectivity index (χ1v) is 20.9. The number of aromatic nitrogens is 2. The Kier molecular flexibility index (Phi) is 15.9. The van der Waals surface area contributed by atoms with Crippen LogP contribution in [0.5, 0.6) is 0 Å². The summed E-state index contributed by atoms with van der Waals surface area (Å²) in [6.45, 7) is 18.3. The van der Waals surface area contributed by atoms with Gasteiger partial charge in [-0.3, -0.25) is 4.79 Å². The first-order chi connectivity index (χ1) is 28.6. The Hall–Kier alpha value is -4.44. The van der Waals surface area contributed by atoms with Crippen molar-refractivity contribution >= 4 is 27.3 Å². The van der Waals surface area contributed by atoms with Gasteiger partial charge in [-0.15, -0.1) is 69.8 Å². The van der Waals surface area contributed by atoms with E-state index in [-0.39, 0.29) is 55.7 Å². The second kappa shape index (κ2) is 22.1. The summed E-state index contributed by atoms with van der Waals surface area (Å²) in [6.07, 6.45) is 10.5. The van der Waals surface area contributed by atoms with E-state index in [2.05, 4.69) is 72.3 Å². The molecule has 0 spiro atoms. The number of pyridine rings is 2. The van der Waals surface area contributed by atoms with Crippen LogP contribution in [0.2, 0.25) is 0 Å². The minimum atomic E-state index is 0. The van der Waals surface area contributed by atoms with E-state index in [0.717, 1.165) is 92.0 Å². The van der Waals surface area contributed by atoms with Gasteiger partial charge in [-0.2, -0.15) is 0 Å². The van der Waals surface area contributed by atoms with Crippen LogP contribution < -0.4 is 0 Å². The molecule has 2 heterocycles. The molecule has 6 aromatic rings. The largest absolute Gasteiger partial charge is 0.512 e. The number of nitrogens with zero attached hydrogens (tertiary/aromatic N) is 2. The molecule has 2 aromatic heterocycles. The van der Waals surface area contributed by atoms with Crippen molar-refractivity contribution in [2.45, 2.75) is 120 Å². The Morgan fingerprint density at radius 3 is 1.79 bits per heavy atom. The smallest absolute Gasteiger partial charge is 0.162 e. The normalized spacial score (nSPS) is 13.6. The van der Waals surface area contributed by atoms with Gasteiger partial charge in [0, 0.05) is 50.4 Å². The molecule has 58 heavy (non-hydrogen) atoms. The van der Waals surface area contributed by atoms with Crippen LogP contribution in [0.25, 0.3) is 44.1 Å². The van der Waals surface area contributed by atoms with Crippen LogP contribution in [0.1, 0.15) is 122 Å². The summed E-state index contributed by atoms with van der Waals surface area (Å²) in [6, 6.07) is 29.8. The summed E-state index contributed by atoms with van der Waals surface area (Å²) in [4.78, 5) is 20.6. The molecule has 0 bridgehead atoms. The predicted molar refractivity (Wildman–Crippen MR) is 241 cm³/mol. The molecule has 4 nitrogen and oxygen atoms in total. The summed E-state index contributed by atoms with van der Waals surface area (Å²) >= 11 is 0. The molecule has 0 amide bonds. The van der Waals surface area contributed by atoms with Crippen molar-refractivity contribution in [2.24, 2.45) is 11.8 Å². The minimum absolute atomic E-state index is 0. The molecule has 0 unspecified atom stereocenters. The summed E-state index contributed by atoms with van der Waals surface area (Å²) in [7, 11) is 0. The second-order valence-corrected chi connectivity index (χ2v) is 15.8. The summed E-state index contributed by atoms with van der Waals surface area (Å²) < 4.78 is 24.2. The van der Waals surface area contributed by atoms with Crippen LogP contribution in [0.4, 0.5) is 0 Å². The quantitative estimate of drug-likeness (QED) is 0.0844. The molecule has 1 N–H and O–H groups in total. The average molecular weight is 954 g/mol. The van der Waals surface area contributed by atoms with E-state index in [4.69, 9.17) is 4.11 Å². The van der Waals surface area contributed by atoms with Crippen LogP contribution in [0.3, 0.4) is 0 Å². The van der Waals surface area contributed by atoms with Gasteiger partial charge >= 0.3 is 0 Å². The molecule has 5 heteroatoms. The number of fused-ring (bicyclic) bond motifs is 2.